The number of likely N-dealkylation sites (tertiary alicyclic amines) is 1. The fraction of sp³-hybridized carbons (Fsp3) is 0.421. The summed E-state index contributed by atoms with van der Waals surface area (Å²) in [4.78, 5) is 40.8. The van der Waals surface area contributed by atoms with Gasteiger partial charge in [0.15, 0.2) is 0 Å². The summed E-state index contributed by atoms with van der Waals surface area (Å²) in [6.07, 6.45) is 0.862. The number of carbonyl (C=O) groups excluding carboxylic acids is 3. The van der Waals surface area contributed by atoms with Gasteiger partial charge >= 0.3 is 0 Å². The van der Waals surface area contributed by atoms with Crippen LogP contribution in [0.25, 0.3) is 10.1 Å². The summed E-state index contributed by atoms with van der Waals surface area (Å²) in [5.41, 5.74) is 1.05. The molecular formula is C19H21N3O3S. The Hall–Kier alpha value is -2.41. The van der Waals surface area contributed by atoms with E-state index in [4.69, 9.17) is 0 Å². The van der Waals surface area contributed by atoms with Crippen molar-refractivity contribution in [2.24, 2.45) is 0 Å². The summed E-state index contributed by atoms with van der Waals surface area (Å²) < 4.78 is 1.08. The molecule has 1 aromatic carbocycles. The van der Waals surface area contributed by atoms with E-state index in [-0.39, 0.29) is 30.2 Å². The first-order valence-electron chi connectivity index (χ1n) is 8.87. The molecule has 6 nitrogen and oxygen atoms in total. The first kappa shape index (κ1) is 17.0. The quantitative estimate of drug-likeness (QED) is 0.875. The molecule has 26 heavy (non-hydrogen) atoms. The van der Waals surface area contributed by atoms with Crippen molar-refractivity contribution in [1.82, 2.24) is 15.1 Å². The Morgan fingerprint density at radius 3 is 2.73 bits per heavy atom. The molecule has 0 aliphatic carbocycles. The van der Waals surface area contributed by atoms with Crippen molar-refractivity contribution in [1.29, 1.82) is 0 Å². The molecule has 2 aliphatic heterocycles. The zero-order valence-electron chi connectivity index (χ0n) is 14.7. The molecule has 3 amide bonds. The van der Waals surface area contributed by atoms with Gasteiger partial charge in [-0.05, 0) is 23.4 Å². The first-order chi connectivity index (χ1) is 12.5. The van der Waals surface area contributed by atoms with Gasteiger partial charge in [-0.15, -0.1) is 11.3 Å². The monoisotopic (exact) mass is 371 g/mol. The molecule has 2 aromatic rings. The highest BCUT2D eigenvalue weighted by Gasteiger charge is 2.33. The van der Waals surface area contributed by atoms with E-state index in [1.807, 2.05) is 23.1 Å². The Morgan fingerprint density at radius 1 is 1.19 bits per heavy atom. The molecule has 2 fully saturated rings. The van der Waals surface area contributed by atoms with Gasteiger partial charge in [-0.25, -0.2) is 0 Å². The Bertz CT molecular complexity index is 891. The molecule has 0 saturated carbocycles. The molecular weight excluding hydrogens is 350 g/mol. The van der Waals surface area contributed by atoms with Crippen LogP contribution >= 0.6 is 11.3 Å². The second-order valence-corrected chi connectivity index (χ2v) is 7.92. The summed E-state index contributed by atoms with van der Waals surface area (Å²) in [5.74, 6) is 0.0495. The maximum Gasteiger partial charge on any atom is 0.264 e. The number of hydrogen-bond acceptors (Lipinski definition) is 4. The van der Waals surface area contributed by atoms with Gasteiger partial charge in [0.2, 0.25) is 11.8 Å². The smallest absolute Gasteiger partial charge is 0.264 e. The predicted octanol–water partition coefficient (Wildman–Crippen LogP) is 1.81. The molecule has 1 aromatic heterocycles. The van der Waals surface area contributed by atoms with Gasteiger partial charge in [0.05, 0.1) is 11.4 Å². The van der Waals surface area contributed by atoms with Crippen LogP contribution in [0.2, 0.25) is 0 Å². The molecule has 0 bridgehead atoms. The minimum Gasteiger partial charge on any atom is -0.353 e. The number of hydrogen-bond donors (Lipinski definition) is 1. The van der Waals surface area contributed by atoms with Crippen LogP contribution < -0.4 is 5.32 Å². The van der Waals surface area contributed by atoms with E-state index in [0.29, 0.717) is 19.6 Å². The molecule has 2 saturated heterocycles. The van der Waals surface area contributed by atoms with Crippen molar-refractivity contribution in [2.75, 3.05) is 32.7 Å². The molecule has 2 aliphatic rings. The third kappa shape index (κ3) is 2.96. The summed E-state index contributed by atoms with van der Waals surface area (Å²) >= 11 is 1.50. The van der Waals surface area contributed by atoms with Crippen molar-refractivity contribution in [2.45, 2.75) is 19.3 Å². The number of nitrogens with one attached hydrogen (secondary N) is 1. The third-order valence-electron chi connectivity index (χ3n) is 5.20. The van der Waals surface area contributed by atoms with Gasteiger partial charge in [0.1, 0.15) is 0 Å². The lowest BCUT2D eigenvalue weighted by Gasteiger charge is -2.27. The van der Waals surface area contributed by atoms with Crippen LogP contribution in [0.1, 0.15) is 34.5 Å². The van der Waals surface area contributed by atoms with Crippen LogP contribution in [0.15, 0.2) is 24.3 Å². The highest BCUT2D eigenvalue weighted by molar-refractivity contribution is 7.21. The number of carbonyl (C=O) groups is 3. The Labute approximate surface area is 155 Å². The highest BCUT2D eigenvalue weighted by Crippen LogP contribution is 2.40. The lowest BCUT2D eigenvalue weighted by atomic mass is 9.94. The largest absolute Gasteiger partial charge is 0.353 e. The van der Waals surface area contributed by atoms with E-state index in [1.165, 1.54) is 11.3 Å². The molecule has 0 spiro atoms. The SMILES string of the molecule is CC(=O)N1CCC(c2c(C(=O)N3CCNC(=O)C3)sc3ccccc23)C1. The summed E-state index contributed by atoms with van der Waals surface area (Å²) in [6, 6.07) is 8.04. The molecule has 0 radical (unpaired) electrons. The van der Waals surface area contributed by atoms with E-state index < -0.39 is 0 Å². The van der Waals surface area contributed by atoms with Crippen molar-refractivity contribution in [3.8, 4) is 0 Å². The maximum absolute atomic E-state index is 13.2. The Balaban J connectivity index is 1.73. The van der Waals surface area contributed by atoms with Crippen molar-refractivity contribution in [3.05, 3.63) is 34.7 Å². The lowest BCUT2D eigenvalue weighted by Crippen LogP contribution is -2.50. The second-order valence-electron chi connectivity index (χ2n) is 6.87. The minimum absolute atomic E-state index is 0.0719. The van der Waals surface area contributed by atoms with Gasteiger partial charge in [-0.2, -0.15) is 0 Å². The average Bonchev–Trinajstić information content (AvgIpc) is 3.25. The van der Waals surface area contributed by atoms with E-state index in [2.05, 4.69) is 11.4 Å². The van der Waals surface area contributed by atoms with Crippen LogP contribution in [0, 0.1) is 0 Å². The second kappa shape index (κ2) is 6.72. The molecule has 1 unspecified atom stereocenters. The van der Waals surface area contributed by atoms with Crippen LogP contribution in [-0.2, 0) is 9.59 Å². The molecule has 1 N–H and O–H groups in total. The van der Waals surface area contributed by atoms with E-state index >= 15 is 0 Å². The van der Waals surface area contributed by atoms with E-state index in [9.17, 15) is 14.4 Å². The van der Waals surface area contributed by atoms with Gasteiger partial charge in [0.25, 0.3) is 5.91 Å². The number of benzene rings is 1. The topological polar surface area (TPSA) is 69.7 Å². The Kier molecular flexibility index (Phi) is 4.40. The van der Waals surface area contributed by atoms with E-state index in [1.54, 1.807) is 11.8 Å². The van der Waals surface area contributed by atoms with Crippen molar-refractivity contribution < 1.29 is 14.4 Å². The maximum atomic E-state index is 13.2. The van der Waals surface area contributed by atoms with Crippen molar-refractivity contribution in [3.63, 3.8) is 0 Å². The first-order valence-corrected chi connectivity index (χ1v) is 9.69. The zero-order chi connectivity index (χ0) is 18.3. The summed E-state index contributed by atoms with van der Waals surface area (Å²) in [7, 11) is 0. The Morgan fingerprint density at radius 2 is 2.00 bits per heavy atom. The van der Waals surface area contributed by atoms with Crippen LogP contribution in [0.3, 0.4) is 0 Å². The highest BCUT2D eigenvalue weighted by atomic mass is 32.1. The van der Waals surface area contributed by atoms with Gasteiger partial charge < -0.3 is 15.1 Å². The molecule has 3 heterocycles. The van der Waals surface area contributed by atoms with Gasteiger partial charge in [-0.1, -0.05) is 18.2 Å². The van der Waals surface area contributed by atoms with Gasteiger partial charge in [0, 0.05) is 43.7 Å². The third-order valence-corrected chi connectivity index (χ3v) is 6.37. The normalized spacial score (nSPS) is 20.5. The fourth-order valence-electron chi connectivity index (χ4n) is 3.87. The average molecular weight is 371 g/mol. The molecule has 1 atom stereocenters. The molecule has 7 heteroatoms. The molecule has 136 valence electrons. The van der Waals surface area contributed by atoms with Crippen LogP contribution in [-0.4, -0.2) is 60.2 Å². The number of piperazine rings is 1. The standard InChI is InChI=1S/C19H21N3O3S/c1-12(23)21-8-6-13(10-21)17-14-4-2-3-5-15(14)26-18(17)19(25)22-9-7-20-16(24)11-22/h2-5,13H,6-11H2,1H3,(H,20,24). The number of thiophene rings is 1. The number of amides is 3. The predicted molar refractivity (Wildman–Crippen MR) is 100 cm³/mol. The zero-order valence-corrected chi connectivity index (χ0v) is 15.5. The van der Waals surface area contributed by atoms with Crippen LogP contribution in [0.4, 0.5) is 0 Å². The summed E-state index contributed by atoms with van der Waals surface area (Å²) in [5, 5.41) is 3.85. The minimum atomic E-state index is -0.115. The number of rotatable bonds is 2. The fourth-order valence-corrected chi connectivity index (χ4v) is 5.12. The number of nitrogens with zero attached hydrogens (tertiary/aromatic N) is 2. The molecule has 4 rings (SSSR count). The van der Waals surface area contributed by atoms with Crippen LogP contribution in [0.5, 0.6) is 0 Å². The number of fused-ring (bicyclic) bond motifs is 1. The lowest BCUT2D eigenvalue weighted by molar-refractivity contribution is -0.127. The van der Waals surface area contributed by atoms with Gasteiger partial charge in [-0.3, -0.25) is 14.4 Å². The van der Waals surface area contributed by atoms with E-state index in [0.717, 1.165) is 33.5 Å². The van der Waals surface area contributed by atoms with Crippen molar-refractivity contribution >= 4 is 39.1 Å². The summed E-state index contributed by atoms with van der Waals surface area (Å²) in [6.45, 7) is 4.10.